The lowest BCUT2D eigenvalue weighted by molar-refractivity contribution is -0.155. The predicted molar refractivity (Wildman–Crippen MR) is 138 cm³/mol. The quantitative estimate of drug-likeness (QED) is 0.367. The second kappa shape index (κ2) is 9.75. The Morgan fingerprint density at radius 3 is 2.86 bits per heavy atom. The highest BCUT2D eigenvalue weighted by molar-refractivity contribution is 8.02. The van der Waals surface area contributed by atoms with Gasteiger partial charge in [0, 0.05) is 24.4 Å². The smallest absolute Gasteiger partial charge is 0.311 e. The van der Waals surface area contributed by atoms with Gasteiger partial charge in [-0.3, -0.25) is 14.4 Å². The van der Waals surface area contributed by atoms with E-state index in [0.29, 0.717) is 12.8 Å². The summed E-state index contributed by atoms with van der Waals surface area (Å²) in [5.74, 6) is -2.04. The van der Waals surface area contributed by atoms with E-state index in [1.165, 1.54) is 0 Å². The average molecular weight is 528 g/mol. The molecule has 2 unspecified atom stereocenters. The van der Waals surface area contributed by atoms with Gasteiger partial charge >= 0.3 is 5.97 Å². The second-order valence-electron chi connectivity index (χ2n) is 10.2. The maximum absolute atomic E-state index is 14.4. The van der Waals surface area contributed by atoms with Crippen molar-refractivity contribution < 1.29 is 24.2 Å². The van der Waals surface area contributed by atoms with E-state index in [1.54, 1.807) is 39.2 Å². The largest absolute Gasteiger partial charge is 0.466 e. The first-order valence-corrected chi connectivity index (χ1v) is 13.6. The molecular formula is C26H33N5O5S. The number of hydrogen-bond acceptors (Lipinski definition) is 8. The topological polar surface area (TPSA) is 118 Å². The summed E-state index contributed by atoms with van der Waals surface area (Å²) >= 11 is 1.60. The number of aliphatic hydroxyl groups is 1. The Bertz CT molecular complexity index is 1230. The van der Waals surface area contributed by atoms with E-state index >= 15 is 0 Å². The number of nitrogens with zero attached hydrogens (tertiary/aromatic N) is 5. The number of thioether (sulfide) groups is 1. The zero-order valence-electron chi connectivity index (χ0n) is 21.2. The molecule has 1 aromatic heterocycles. The second-order valence-corrected chi connectivity index (χ2v) is 12.1. The van der Waals surface area contributed by atoms with Gasteiger partial charge in [-0.1, -0.05) is 23.4 Å². The van der Waals surface area contributed by atoms with Crippen LogP contribution in [-0.4, -0.2) is 89.5 Å². The molecule has 37 heavy (non-hydrogen) atoms. The SMILES string of the molecule is C=CCN(Cn1nnc2ccccc21)C(=O)C1N(CCCO)C(=O)[C@@H]2[C@@H](C(=O)OCC)[C@@]3(C)CCC12S3. The summed E-state index contributed by atoms with van der Waals surface area (Å²) in [6.45, 7) is 8.40. The van der Waals surface area contributed by atoms with Crippen LogP contribution in [0.25, 0.3) is 11.0 Å². The highest BCUT2D eigenvalue weighted by Crippen LogP contribution is 2.71. The Morgan fingerprint density at radius 1 is 1.35 bits per heavy atom. The molecule has 2 bridgehead atoms. The van der Waals surface area contributed by atoms with Crippen molar-refractivity contribution in [2.24, 2.45) is 11.8 Å². The molecule has 0 radical (unpaired) electrons. The zero-order valence-corrected chi connectivity index (χ0v) is 22.0. The molecule has 1 N–H and O–H groups in total. The molecule has 1 aromatic carbocycles. The van der Waals surface area contributed by atoms with E-state index in [4.69, 9.17) is 4.74 Å². The van der Waals surface area contributed by atoms with Crippen LogP contribution in [0.1, 0.15) is 33.1 Å². The number of amides is 2. The summed E-state index contributed by atoms with van der Waals surface area (Å²) in [4.78, 5) is 44.7. The molecule has 5 rings (SSSR count). The number of ether oxygens (including phenoxy) is 1. The number of fused-ring (bicyclic) bond motifs is 2. The fourth-order valence-corrected chi connectivity index (χ4v) is 8.85. The minimum Gasteiger partial charge on any atom is -0.466 e. The highest BCUT2D eigenvalue weighted by atomic mass is 32.2. The minimum atomic E-state index is -0.766. The average Bonchev–Trinajstić information content (AvgIpc) is 3.58. The Labute approximate surface area is 220 Å². The summed E-state index contributed by atoms with van der Waals surface area (Å²) < 4.78 is 5.88. The van der Waals surface area contributed by atoms with Gasteiger partial charge in [-0.05, 0) is 45.2 Å². The molecular weight excluding hydrogens is 494 g/mol. The maximum Gasteiger partial charge on any atom is 0.311 e. The van der Waals surface area contributed by atoms with E-state index < -0.39 is 27.4 Å². The van der Waals surface area contributed by atoms with Gasteiger partial charge in [-0.25, -0.2) is 4.68 Å². The monoisotopic (exact) mass is 527 g/mol. The van der Waals surface area contributed by atoms with Crippen LogP contribution < -0.4 is 0 Å². The molecule has 2 amide bonds. The van der Waals surface area contributed by atoms with Gasteiger partial charge in [-0.15, -0.1) is 23.4 Å². The first-order chi connectivity index (χ1) is 17.8. The standard InChI is InChI=1S/C26H33N5O5S/c1-4-13-29(16-31-18-10-7-6-9-17(18)27-28-31)23(34)21-26-12-11-25(3,37-26)20(24(35)36-5-2)19(26)22(33)30(21)14-8-15-32/h4,6-7,9-10,19-21,32H,1,5,8,11-16H2,2-3H3/t19-,20-,21?,25+,26?/m0/s1. The van der Waals surface area contributed by atoms with Crippen molar-refractivity contribution in [3.05, 3.63) is 36.9 Å². The fraction of sp³-hybridized carbons (Fsp3) is 0.577. The molecule has 1 spiro atoms. The van der Waals surface area contributed by atoms with Crippen LogP contribution in [0.15, 0.2) is 36.9 Å². The highest BCUT2D eigenvalue weighted by Gasteiger charge is 2.77. The third kappa shape index (κ3) is 3.94. The number of rotatable bonds is 10. The van der Waals surface area contributed by atoms with Gasteiger partial charge in [0.05, 0.1) is 28.7 Å². The Kier molecular flexibility index (Phi) is 6.78. The van der Waals surface area contributed by atoms with Crippen molar-refractivity contribution in [3.8, 4) is 0 Å². The Balaban J connectivity index is 1.53. The van der Waals surface area contributed by atoms with Crippen molar-refractivity contribution in [2.45, 2.75) is 55.3 Å². The number of para-hydroxylation sites is 1. The lowest BCUT2D eigenvalue weighted by atomic mass is 9.66. The van der Waals surface area contributed by atoms with Crippen molar-refractivity contribution in [1.29, 1.82) is 0 Å². The Hall–Kier alpha value is -2.92. The van der Waals surface area contributed by atoms with Crippen LogP contribution in [0, 0.1) is 11.8 Å². The van der Waals surface area contributed by atoms with Crippen LogP contribution in [0.3, 0.4) is 0 Å². The number of carbonyl (C=O) groups is 3. The third-order valence-electron chi connectivity index (χ3n) is 7.99. The van der Waals surface area contributed by atoms with Crippen LogP contribution in [-0.2, 0) is 25.8 Å². The number of benzene rings is 1. The van der Waals surface area contributed by atoms with Crippen LogP contribution in [0.4, 0.5) is 0 Å². The molecule has 3 aliphatic heterocycles. The van der Waals surface area contributed by atoms with E-state index in [1.807, 2.05) is 31.2 Å². The van der Waals surface area contributed by atoms with Crippen molar-refractivity contribution in [3.63, 3.8) is 0 Å². The fourth-order valence-electron chi connectivity index (χ4n) is 6.51. The summed E-state index contributed by atoms with van der Waals surface area (Å²) in [5, 5.41) is 18.0. The van der Waals surface area contributed by atoms with Gasteiger partial charge in [0.1, 0.15) is 18.2 Å². The normalized spacial score (nSPS) is 30.1. The lowest BCUT2D eigenvalue weighted by Crippen LogP contribution is -2.55. The van der Waals surface area contributed by atoms with Gasteiger partial charge in [0.25, 0.3) is 0 Å². The molecule has 0 saturated carbocycles. The summed E-state index contributed by atoms with van der Waals surface area (Å²) in [6.07, 6.45) is 3.38. The van der Waals surface area contributed by atoms with E-state index in [9.17, 15) is 19.5 Å². The van der Waals surface area contributed by atoms with Crippen molar-refractivity contribution in [1.82, 2.24) is 24.8 Å². The summed E-state index contributed by atoms with van der Waals surface area (Å²) in [7, 11) is 0. The zero-order chi connectivity index (χ0) is 26.4. The van der Waals surface area contributed by atoms with Crippen molar-refractivity contribution in [2.75, 3.05) is 26.3 Å². The molecule has 2 aromatic rings. The minimum absolute atomic E-state index is 0.101. The van der Waals surface area contributed by atoms with E-state index in [2.05, 4.69) is 16.9 Å². The van der Waals surface area contributed by atoms with E-state index in [-0.39, 0.29) is 50.8 Å². The molecule has 0 aliphatic carbocycles. The molecule has 5 atom stereocenters. The molecule has 3 aliphatic rings. The van der Waals surface area contributed by atoms with Gasteiger partial charge in [-0.2, -0.15) is 0 Å². The van der Waals surface area contributed by atoms with Gasteiger partial charge in [0.15, 0.2) is 0 Å². The lowest BCUT2D eigenvalue weighted by Gasteiger charge is -2.37. The van der Waals surface area contributed by atoms with Gasteiger partial charge in [0.2, 0.25) is 11.8 Å². The number of esters is 1. The van der Waals surface area contributed by atoms with Crippen LogP contribution in [0.2, 0.25) is 0 Å². The molecule has 198 valence electrons. The van der Waals surface area contributed by atoms with Gasteiger partial charge < -0.3 is 19.6 Å². The number of likely N-dealkylation sites (tertiary alicyclic amines) is 1. The van der Waals surface area contributed by atoms with Crippen LogP contribution >= 0.6 is 11.8 Å². The van der Waals surface area contributed by atoms with Crippen LogP contribution in [0.5, 0.6) is 0 Å². The Morgan fingerprint density at radius 2 is 2.14 bits per heavy atom. The molecule has 10 nitrogen and oxygen atoms in total. The summed E-state index contributed by atoms with van der Waals surface area (Å²) in [5.41, 5.74) is 1.52. The third-order valence-corrected chi connectivity index (χ3v) is 9.98. The first kappa shape index (κ1) is 25.7. The van der Waals surface area contributed by atoms with E-state index in [0.717, 1.165) is 17.5 Å². The van der Waals surface area contributed by atoms with Crippen molar-refractivity contribution >= 4 is 40.6 Å². The molecule has 11 heteroatoms. The number of hydrogen-bond donors (Lipinski definition) is 1. The maximum atomic E-state index is 14.4. The first-order valence-electron chi connectivity index (χ1n) is 12.8. The molecule has 3 saturated heterocycles. The summed E-state index contributed by atoms with van der Waals surface area (Å²) in [6, 6.07) is 6.76. The predicted octanol–water partition coefficient (Wildman–Crippen LogP) is 1.83. The number of carbonyl (C=O) groups excluding carboxylic acids is 3. The molecule has 4 heterocycles. The molecule has 3 fully saturated rings. The number of aromatic nitrogens is 3. The number of aliphatic hydroxyl groups excluding tert-OH is 1.